The smallest absolute Gasteiger partial charge is 0.306 e. The largest absolute Gasteiger partial charge is 0.461 e. The predicted molar refractivity (Wildman–Crippen MR) is 97.5 cm³/mol. The van der Waals surface area contributed by atoms with Gasteiger partial charge in [-0.05, 0) is 24.6 Å². The van der Waals surface area contributed by atoms with Crippen LogP contribution in [0.2, 0.25) is 0 Å². The maximum atomic E-state index is 11.9. The minimum Gasteiger partial charge on any atom is -0.461 e. The molecule has 3 aromatic rings. The fourth-order valence-corrected chi connectivity index (χ4v) is 2.39. The van der Waals surface area contributed by atoms with Crippen LogP contribution in [0.3, 0.4) is 0 Å². The van der Waals surface area contributed by atoms with Crippen LogP contribution in [0, 0.1) is 6.92 Å². The summed E-state index contributed by atoms with van der Waals surface area (Å²) in [5.74, 6) is 0.00779. The average Bonchev–Trinajstić information content (AvgIpc) is 3.14. The highest BCUT2D eigenvalue weighted by Gasteiger charge is 2.11. The van der Waals surface area contributed by atoms with Crippen molar-refractivity contribution in [3.8, 4) is 11.4 Å². The van der Waals surface area contributed by atoms with E-state index in [1.165, 1.54) is 0 Å². The highest BCUT2D eigenvalue weighted by Crippen LogP contribution is 2.17. The summed E-state index contributed by atoms with van der Waals surface area (Å²) in [6.45, 7) is 2.12. The molecule has 0 aliphatic heterocycles. The van der Waals surface area contributed by atoms with Gasteiger partial charge in [-0.15, -0.1) is 0 Å². The summed E-state index contributed by atoms with van der Waals surface area (Å²) in [7, 11) is 0. The molecule has 138 valence electrons. The first kappa shape index (κ1) is 18.3. The van der Waals surface area contributed by atoms with E-state index < -0.39 is 5.91 Å². The number of carbonyl (C=O) groups is 2. The van der Waals surface area contributed by atoms with Gasteiger partial charge in [0.05, 0.1) is 6.42 Å². The summed E-state index contributed by atoms with van der Waals surface area (Å²) in [5.41, 5.74) is 8.37. The zero-order valence-corrected chi connectivity index (χ0v) is 14.8. The highest BCUT2D eigenvalue weighted by molar-refractivity contribution is 5.92. The first-order valence-corrected chi connectivity index (χ1v) is 8.45. The Kier molecular flexibility index (Phi) is 5.61. The molecule has 2 N–H and O–H groups in total. The summed E-state index contributed by atoms with van der Waals surface area (Å²) in [6.07, 6.45) is 0.438. The Morgan fingerprint density at radius 2 is 1.78 bits per heavy atom. The SMILES string of the molecule is Cc1ccc(-c2noc(CCC(=O)OCc3ccc(C(N)=O)cc3)n2)cc1. The van der Waals surface area contributed by atoms with Gasteiger partial charge >= 0.3 is 5.97 Å². The van der Waals surface area contributed by atoms with E-state index in [0.717, 1.165) is 16.7 Å². The van der Waals surface area contributed by atoms with Crippen molar-refractivity contribution in [2.24, 2.45) is 5.73 Å². The Morgan fingerprint density at radius 3 is 2.44 bits per heavy atom. The molecule has 7 heteroatoms. The fourth-order valence-electron chi connectivity index (χ4n) is 2.39. The third-order valence-corrected chi connectivity index (χ3v) is 3.96. The van der Waals surface area contributed by atoms with Crippen LogP contribution in [-0.4, -0.2) is 22.0 Å². The Labute approximate surface area is 156 Å². The Morgan fingerprint density at radius 1 is 1.07 bits per heavy atom. The lowest BCUT2D eigenvalue weighted by Crippen LogP contribution is -2.11. The van der Waals surface area contributed by atoms with Gasteiger partial charge in [-0.25, -0.2) is 0 Å². The number of aromatic nitrogens is 2. The molecule has 2 aromatic carbocycles. The Hall–Kier alpha value is -3.48. The van der Waals surface area contributed by atoms with Crippen LogP contribution in [0.25, 0.3) is 11.4 Å². The molecule has 0 unspecified atom stereocenters. The normalized spacial score (nSPS) is 10.6. The van der Waals surface area contributed by atoms with Crippen LogP contribution in [0.4, 0.5) is 0 Å². The molecule has 7 nitrogen and oxygen atoms in total. The van der Waals surface area contributed by atoms with Crippen LogP contribution in [-0.2, 0) is 22.6 Å². The lowest BCUT2D eigenvalue weighted by molar-refractivity contribution is -0.145. The van der Waals surface area contributed by atoms with E-state index in [-0.39, 0.29) is 19.0 Å². The maximum Gasteiger partial charge on any atom is 0.306 e. The number of benzene rings is 2. The van der Waals surface area contributed by atoms with Crippen LogP contribution in [0.15, 0.2) is 53.1 Å². The number of nitrogens with two attached hydrogens (primary N) is 1. The lowest BCUT2D eigenvalue weighted by atomic mass is 10.1. The van der Waals surface area contributed by atoms with Crippen molar-refractivity contribution in [2.75, 3.05) is 0 Å². The summed E-state index contributed by atoms with van der Waals surface area (Å²) in [5, 5.41) is 3.93. The maximum absolute atomic E-state index is 11.9. The van der Waals surface area contributed by atoms with Crippen molar-refractivity contribution >= 4 is 11.9 Å². The molecule has 1 aromatic heterocycles. The summed E-state index contributed by atoms with van der Waals surface area (Å²) in [4.78, 5) is 27.2. The molecule has 0 atom stereocenters. The minimum absolute atomic E-state index is 0.121. The first-order valence-electron chi connectivity index (χ1n) is 8.45. The number of esters is 1. The number of aryl methyl sites for hydroxylation is 2. The molecular formula is C20H19N3O4. The molecule has 0 spiro atoms. The van der Waals surface area contributed by atoms with E-state index in [0.29, 0.717) is 23.7 Å². The third-order valence-electron chi connectivity index (χ3n) is 3.96. The summed E-state index contributed by atoms with van der Waals surface area (Å²) in [6, 6.07) is 14.4. The van der Waals surface area contributed by atoms with Gasteiger partial charge < -0.3 is 15.0 Å². The van der Waals surface area contributed by atoms with Gasteiger partial charge in [0.2, 0.25) is 17.6 Å². The number of carbonyl (C=O) groups excluding carboxylic acids is 2. The van der Waals surface area contributed by atoms with Crippen molar-refractivity contribution < 1.29 is 18.8 Å². The molecule has 0 aliphatic rings. The predicted octanol–water partition coefficient (Wildman–Crippen LogP) is 2.82. The van der Waals surface area contributed by atoms with E-state index in [2.05, 4.69) is 10.1 Å². The van der Waals surface area contributed by atoms with Gasteiger partial charge in [-0.1, -0.05) is 47.1 Å². The molecule has 1 amide bonds. The molecule has 0 aliphatic carbocycles. The van der Waals surface area contributed by atoms with E-state index in [1.54, 1.807) is 24.3 Å². The fraction of sp³-hybridized carbons (Fsp3) is 0.200. The second kappa shape index (κ2) is 8.27. The Balaban J connectivity index is 1.48. The molecule has 0 fully saturated rings. The van der Waals surface area contributed by atoms with E-state index in [9.17, 15) is 9.59 Å². The number of rotatable bonds is 7. The van der Waals surface area contributed by atoms with Crippen molar-refractivity contribution in [3.63, 3.8) is 0 Å². The van der Waals surface area contributed by atoms with E-state index in [1.807, 2.05) is 31.2 Å². The molecule has 0 saturated carbocycles. The van der Waals surface area contributed by atoms with Crippen molar-refractivity contribution in [2.45, 2.75) is 26.4 Å². The number of primary amides is 1. The summed E-state index contributed by atoms with van der Waals surface area (Å²) >= 11 is 0. The average molecular weight is 365 g/mol. The number of ether oxygens (including phenoxy) is 1. The lowest BCUT2D eigenvalue weighted by Gasteiger charge is -2.04. The number of hydrogen-bond acceptors (Lipinski definition) is 6. The second-order valence-electron chi connectivity index (χ2n) is 6.10. The quantitative estimate of drug-likeness (QED) is 0.645. The second-order valence-corrected chi connectivity index (χ2v) is 6.10. The minimum atomic E-state index is -0.497. The highest BCUT2D eigenvalue weighted by atomic mass is 16.5. The van der Waals surface area contributed by atoms with Crippen LogP contribution < -0.4 is 5.73 Å². The van der Waals surface area contributed by atoms with Gasteiger partial charge in [-0.2, -0.15) is 4.98 Å². The van der Waals surface area contributed by atoms with Gasteiger partial charge in [0.15, 0.2) is 0 Å². The monoisotopic (exact) mass is 365 g/mol. The summed E-state index contributed by atoms with van der Waals surface area (Å²) < 4.78 is 10.4. The standard InChI is InChI=1S/C20H19N3O4/c1-13-2-6-16(7-3-13)20-22-17(27-23-20)10-11-18(24)26-12-14-4-8-15(9-5-14)19(21)25/h2-9H,10-12H2,1H3,(H2,21,25). The Bertz CT molecular complexity index is 931. The number of nitrogens with zero attached hydrogens (tertiary/aromatic N) is 2. The van der Waals surface area contributed by atoms with Crippen LogP contribution in [0.5, 0.6) is 0 Å². The topological polar surface area (TPSA) is 108 Å². The van der Waals surface area contributed by atoms with Crippen LogP contribution in [0.1, 0.15) is 33.8 Å². The van der Waals surface area contributed by atoms with Crippen LogP contribution >= 0.6 is 0 Å². The molecule has 3 rings (SSSR count). The van der Waals surface area contributed by atoms with Gasteiger partial charge in [-0.3, -0.25) is 9.59 Å². The first-order chi connectivity index (χ1) is 13.0. The van der Waals surface area contributed by atoms with Crippen molar-refractivity contribution in [1.82, 2.24) is 10.1 Å². The number of amides is 1. The zero-order valence-electron chi connectivity index (χ0n) is 14.8. The number of hydrogen-bond donors (Lipinski definition) is 1. The van der Waals surface area contributed by atoms with E-state index in [4.69, 9.17) is 15.0 Å². The molecule has 0 bridgehead atoms. The van der Waals surface area contributed by atoms with Gasteiger partial charge in [0.1, 0.15) is 6.61 Å². The van der Waals surface area contributed by atoms with E-state index >= 15 is 0 Å². The van der Waals surface area contributed by atoms with Crippen molar-refractivity contribution in [1.29, 1.82) is 0 Å². The van der Waals surface area contributed by atoms with Gasteiger partial charge in [0.25, 0.3) is 0 Å². The third kappa shape index (κ3) is 5.01. The molecule has 27 heavy (non-hydrogen) atoms. The molecule has 0 radical (unpaired) electrons. The van der Waals surface area contributed by atoms with Gasteiger partial charge in [0, 0.05) is 17.5 Å². The molecule has 1 heterocycles. The molecule has 0 saturated heterocycles. The zero-order chi connectivity index (χ0) is 19.2. The van der Waals surface area contributed by atoms with Crippen molar-refractivity contribution in [3.05, 3.63) is 71.1 Å². The molecular weight excluding hydrogens is 346 g/mol.